The van der Waals surface area contributed by atoms with Crippen LogP contribution in [0, 0.1) is 0 Å². The van der Waals surface area contributed by atoms with Gasteiger partial charge in [0, 0.05) is 22.7 Å². The first-order valence-electron chi connectivity index (χ1n) is 20.9. The highest BCUT2D eigenvalue weighted by Gasteiger charge is 2.36. The Labute approximate surface area is 349 Å². The van der Waals surface area contributed by atoms with Crippen LogP contribution >= 0.6 is 0 Å². The Balaban J connectivity index is 1.16. The number of hydrogen-bond donors (Lipinski definition) is 0. The molecular weight excluding hydrogens is 725 g/mol. The van der Waals surface area contributed by atoms with Crippen molar-refractivity contribution in [1.29, 1.82) is 0 Å². The van der Waals surface area contributed by atoms with E-state index < -0.39 is 0 Å². The second-order valence-corrected chi connectivity index (χ2v) is 16.7. The largest absolute Gasteiger partial charge is 0.299 e. The predicted octanol–water partition coefficient (Wildman–Crippen LogP) is 15.4. The maximum absolute atomic E-state index is 5.20. The molecule has 1 aliphatic carbocycles. The van der Waals surface area contributed by atoms with E-state index in [-0.39, 0.29) is 5.41 Å². The van der Waals surface area contributed by atoms with Crippen molar-refractivity contribution in [1.82, 2.24) is 9.38 Å². The minimum atomic E-state index is -0.145. The van der Waals surface area contributed by atoms with Crippen LogP contribution in [-0.4, -0.2) is 9.38 Å². The van der Waals surface area contributed by atoms with E-state index in [2.05, 4.69) is 225 Å². The van der Waals surface area contributed by atoms with Gasteiger partial charge in [0.25, 0.3) is 0 Å². The van der Waals surface area contributed by atoms with E-state index in [9.17, 15) is 0 Å². The number of pyridine rings is 1. The van der Waals surface area contributed by atoms with E-state index in [4.69, 9.17) is 4.98 Å². The zero-order chi connectivity index (χ0) is 40.0. The van der Waals surface area contributed by atoms with Crippen LogP contribution in [0.25, 0.3) is 105 Å². The minimum Gasteiger partial charge on any atom is -0.299 e. The lowest BCUT2D eigenvalue weighted by Gasteiger charge is -2.24. The summed E-state index contributed by atoms with van der Waals surface area (Å²) in [5.74, 6) is 0. The molecule has 12 rings (SSSR count). The topological polar surface area (TPSA) is 17.3 Å². The third-order valence-corrected chi connectivity index (χ3v) is 13.0. The molecule has 0 aliphatic heterocycles. The first kappa shape index (κ1) is 34.5. The van der Waals surface area contributed by atoms with E-state index in [1.165, 1.54) is 88.0 Å². The molecular formula is C58H40N2. The Kier molecular flexibility index (Phi) is 7.61. The van der Waals surface area contributed by atoms with Crippen molar-refractivity contribution in [3.8, 4) is 67.0 Å². The average molecular weight is 765 g/mol. The van der Waals surface area contributed by atoms with Crippen LogP contribution in [0.2, 0.25) is 0 Å². The lowest BCUT2D eigenvalue weighted by molar-refractivity contribution is 0.661. The number of imidazole rings is 1. The summed E-state index contributed by atoms with van der Waals surface area (Å²) in [6.07, 6.45) is 2.11. The third-order valence-electron chi connectivity index (χ3n) is 13.0. The summed E-state index contributed by atoms with van der Waals surface area (Å²) in [5, 5.41) is 7.50. The van der Waals surface area contributed by atoms with Crippen molar-refractivity contribution in [2.75, 3.05) is 0 Å². The van der Waals surface area contributed by atoms with Crippen molar-refractivity contribution >= 4 is 38.0 Å². The fraction of sp³-hybridized carbons (Fsp3) is 0.0517. The molecule has 2 aromatic heterocycles. The van der Waals surface area contributed by atoms with Crippen molar-refractivity contribution < 1.29 is 0 Å². The van der Waals surface area contributed by atoms with Crippen LogP contribution in [0.3, 0.4) is 0 Å². The SMILES string of the molecule is CC1(C)c2ccccc2-c2cc3c(-c4ccc5ccccc5c4)c4cc(-c5ccccc5)ccc4c(-c4ccc(-c5nc6ccccn6c5-c5ccccc5)cc4)c3cc21. The number of nitrogens with zero attached hydrogens (tertiary/aromatic N) is 2. The molecule has 0 N–H and O–H groups in total. The quantitative estimate of drug-likeness (QED) is 0.160. The van der Waals surface area contributed by atoms with E-state index in [1.807, 2.05) is 0 Å². The minimum absolute atomic E-state index is 0.145. The summed E-state index contributed by atoms with van der Waals surface area (Å²) in [6.45, 7) is 4.77. The van der Waals surface area contributed by atoms with Crippen molar-refractivity contribution in [2.24, 2.45) is 0 Å². The molecule has 9 aromatic carbocycles. The molecule has 60 heavy (non-hydrogen) atoms. The van der Waals surface area contributed by atoms with E-state index >= 15 is 0 Å². The van der Waals surface area contributed by atoms with E-state index in [0.29, 0.717) is 0 Å². The fourth-order valence-electron chi connectivity index (χ4n) is 10.1. The van der Waals surface area contributed by atoms with Crippen molar-refractivity contribution in [2.45, 2.75) is 19.3 Å². The van der Waals surface area contributed by atoms with Crippen LogP contribution in [0.15, 0.2) is 206 Å². The van der Waals surface area contributed by atoms with Crippen LogP contribution < -0.4 is 0 Å². The molecule has 0 bridgehead atoms. The van der Waals surface area contributed by atoms with Gasteiger partial charge < -0.3 is 0 Å². The van der Waals surface area contributed by atoms with Gasteiger partial charge in [-0.3, -0.25) is 4.40 Å². The van der Waals surface area contributed by atoms with Gasteiger partial charge >= 0.3 is 0 Å². The monoisotopic (exact) mass is 764 g/mol. The van der Waals surface area contributed by atoms with Gasteiger partial charge in [0.1, 0.15) is 5.65 Å². The molecule has 0 radical (unpaired) electrons. The van der Waals surface area contributed by atoms with Gasteiger partial charge in [-0.2, -0.15) is 0 Å². The lowest BCUT2D eigenvalue weighted by atomic mass is 9.79. The Morgan fingerprint density at radius 2 is 1.00 bits per heavy atom. The lowest BCUT2D eigenvalue weighted by Crippen LogP contribution is -2.14. The molecule has 2 heterocycles. The molecule has 0 amide bonds. The summed E-state index contributed by atoms with van der Waals surface area (Å²) in [4.78, 5) is 5.20. The summed E-state index contributed by atoms with van der Waals surface area (Å²) >= 11 is 0. The van der Waals surface area contributed by atoms with Crippen LogP contribution in [-0.2, 0) is 5.41 Å². The molecule has 0 atom stereocenters. The number of rotatable bonds is 5. The molecule has 0 saturated carbocycles. The summed E-state index contributed by atoms with van der Waals surface area (Å²) in [5.41, 5.74) is 17.8. The van der Waals surface area contributed by atoms with Crippen LogP contribution in [0.1, 0.15) is 25.0 Å². The maximum atomic E-state index is 5.20. The Bertz CT molecular complexity index is 3480. The van der Waals surface area contributed by atoms with Gasteiger partial charge in [-0.1, -0.05) is 178 Å². The Hall–Kier alpha value is -7.55. The Morgan fingerprint density at radius 1 is 0.383 bits per heavy atom. The van der Waals surface area contributed by atoms with Crippen molar-refractivity contribution in [3.63, 3.8) is 0 Å². The molecule has 2 heteroatoms. The highest BCUT2D eigenvalue weighted by Crippen LogP contribution is 2.53. The first-order chi connectivity index (χ1) is 29.5. The normalized spacial score (nSPS) is 13.0. The predicted molar refractivity (Wildman–Crippen MR) is 252 cm³/mol. The van der Waals surface area contributed by atoms with Gasteiger partial charge in [0.15, 0.2) is 0 Å². The van der Waals surface area contributed by atoms with Gasteiger partial charge in [0.05, 0.1) is 11.4 Å². The third kappa shape index (κ3) is 5.24. The molecule has 0 fully saturated rings. The van der Waals surface area contributed by atoms with E-state index in [1.54, 1.807) is 0 Å². The standard InChI is InChI=1S/C58H40N2/c1-58(2)51-22-12-11-21-45(51)47-35-49-50(36-52(47)58)54(39-25-27-40(28-26-39)56-57(41-18-7-4-8-19-41)60-32-14-13-23-53(60)59-56)46-31-30-43(37-15-5-3-6-16-37)34-48(46)55(49)44-29-24-38-17-9-10-20-42(38)33-44/h3-36H,1-2H3. The van der Waals surface area contributed by atoms with Gasteiger partial charge in [-0.05, 0) is 124 Å². The molecule has 1 aliphatic rings. The second-order valence-electron chi connectivity index (χ2n) is 16.7. The van der Waals surface area contributed by atoms with Gasteiger partial charge in [-0.15, -0.1) is 0 Å². The molecule has 0 unspecified atom stereocenters. The van der Waals surface area contributed by atoms with E-state index in [0.717, 1.165) is 28.2 Å². The maximum Gasteiger partial charge on any atom is 0.137 e. The van der Waals surface area contributed by atoms with Crippen molar-refractivity contribution in [3.05, 3.63) is 218 Å². The molecule has 0 saturated heterocycles. The average Bonchev–Trinajstić information content (AvgIpc) is 3.80. The number of benzene rings is 9. The molecule has 282 valence electrons. The van der Waals surface area contributed by atoms with Crippen LogP contribution in [0.4, 0.5) is 0 Å². The highest BCUT2D eigenvalue weighted by molar-refractivity contribution is 6.23. The molecule has 0 spiro atoms. The number of aromatic nitrogens is 2. The molecule has 11 aromatic rings. The zero-order valence-electron chi connectivity index (χ0n) is 33.5. The Morgan fingerprint density at radius 3 is 1.82 bits per heavy atom. The second kappa shape index (κ2) is 13.2. The van der Waals surface area contributed by atoms with Gasteiger partial charge in [-0.25, -0.2) is 4.98 Å². The summed E-state index contributed by atoms with van der Waals surface area (Å²) in [7, 11) is 0. The molecule has 2 nitrogen and oxygen atoms in total. The van der Waals surface area contributed by atoms with Crippen LogP contribution in [0.5, 0.6) is 0 Å². The van der Waals surface area contributed by atoms with Gasteiger partial charge in [0.2, 0.25) is 0 Å². The number of fused-ring (bicyclic) bond motifs is 7. The summed E-state index contributed by atoms with van der Waals surface area (Å²) < 4.78 is 2.20. The summed E-state index contributed by atoms with van der Waals surface area (Å²) in [6, 6.07) is 73.6. The first-order valence-corrected chi connectivity index (χ1v) is 20.9. The number of hydrogen-bond acceptors (Lipinski definition) is 1. The fourth-order valence-corrected chi connectivity index (χ4v) is 10.1. The highest BCUT2D eigenvalue weighted by atomic mass is 15.0. The zero-order valence-corrected chi connectivity index (χ0v) is 33.5. The smallest absolute Gasteiger partial charge is 0.137 e.